The lowest BCUT2D eigenvalue weighted by molar-refractivity contribution is -0.140. The zero-order valence-electron chi connectivity index (χ0n) is 22.2. The second-order valence-electron chi connectivity index (χ2n) is 9.38. The average Bonchev–Trinajstić information content (AvgIpc) is 2.89. The van der Waals surface area contributed by atoms with E-state index in [1.54, 1.807) is 36.4 Å². The molecule has 3 rings (SSSR count). The molecule has 0 radical (unpaired) electrons. The van der Waals surface area contributed by atoms with Crippen LogP contribution in [-0.2, 0) is 32.6 Å². The number of hydrogen-bond donors (Lipinski definition) is 1. The first kappa shape index (κ1) is 30.5. The number of anilines is 1. The van der Waals surface area contributed by atoms with Crippen molar-refractivity contribution in [1.29, 1.82) is 0 Å². The van der Waals surface area contributed by atoms with Crippen LogP contribution in [0.4, 0.5) is 5.69 Å². The van der Waals surface area contributed by atoms with Gasteiger partial charge in [0.05, 0.1) is 22.0 Å². The smallest absolute Gasteiger partial charge is 0.244 e. The van der Waals surface area contributed by atoms with Crippen LogP contribution in [0.2, 0.25) is 10.0 Å². The number of benzene rings is 3. The van der Waals surface area contributed by atoms with E-state index in [-0.39, 0.29) is 18.9 Å². The van der Waals surface area contributed by atoms with E-state index in [2.05, 4.69) is 5.32 Å². The molecule has 0 aliphatic carbocycles. The van der Waals surface area contributed by atoms with E-state index < -0.39 is 28.5 Å². The first-order valence-corrected chi connectivity index (χ1v) is 15.2. The highest BCUT2D eigenvalue weighted by molar-refractivity contribution is 7.92. The predicted molar refractivity (Wildman–Crippen MR) is 158 cm³/mol. The van der Waals surface area contributed by atoms with Crippen LogP contribution in [0.5, 0.6) is 0 Å². The number of hydrogen-bond acceptors (Lipinski definition) is 4. The molecule has 39 heavy (non-hydrogen) atoms. The van der Waals surface area contributed by atoms with E-state index in [9.17, 15) is 18.0 Å². The fourth-order valence-electron chi connectivity index (χ4n) is 4.15. The van der Waals surface area contributed by atoms with Gasteiger partial charge >= 0.3 is 0 Å². The average molecular weight is 591 g/mol. The molecule has 1 atom stereocenters. The zero-order valence-corrected chi connectivity index (χ0v) is 24.6. The molecule has 0 fully saturated rings. The quantitative estimate of drug-likeness (QED) is 0.313. The highest BCUT2D eigenvalue weighted by Gasteiger charge is 2.33. The van der Waals surface area contributed by atoms with Gasteiger partial charge in [-0.2, -0.15) is 0 Å². The Labute approximate surface area is 240 Å². The maximum absolute atomic E-state index is 14.0. The van der Waals surface area contributed by atoms with Crippen LogP contribution in [0.3, 0.4) is 0 Å². The first-order chi connectivity index (χ1) is 18.5. The molecule has 0 bridgehead atoms. The lowest BCUT2D eigenvalue weighted by Crippen LogP contribution is -2.53. The van der Waals surface area contributed by atoms with Crippen molar-refractivity contribution in [3.63, 3.8) is 0 Å². The van der Waals surface area contributed by atoms with Gasteiger partial charge in [0.15, 0.2) is 0 Å². The van der Waals surface area contributed by atoms with Gasteiger partial charge < -0.3 is 10.2 Å². The Morgan fingerprint density at radius 3 is 2.26 bits per heavy atom. The number of nitrogens with zero attached hydrogens (tertiary/aromatic N) is 2. The highest BCUT2D eigenvalue weighted by Crippen LogP contribution is 2.25. The Morgan fingerprint density at radius 1 is 0.923 bits per heavy atom. The summed E-state index contributed by atoms with van der Waals surface area (Å²) in [7, 11) is -3.82. The number of amides is 2. The van der Waals surface area contributed by atoms with Gasteiger partial charge in [0.1, 0.15) is 12.6 Å². The van der Waals surface area contributed by atoms with Gasteiger partial charge in [-0.15, -0.1) is 0 Å². The van der Waals surface area contributed by atoms with Crippen molar-refractivity contribution in [2.24, 2.45) is 0 Å². The molecule has 7 nitrogen and oxygen atoms in total. The normalized spacial score (nSPS) is 12.0. The summed E-state index contributed by atoms with van der Waals surface area (Å²) >= 11 is 12.4. The number of rotatable bonds is 12. The van der Waals surface area contributed by atoms with Crippen molar-refractivity contribution in [1.82, 2.24) is 10.2 Å². The molecule has 0 aliphatic heterocycles. The third-order valence-corrected chi connectivity index (χ3v) is 8.01. The van der Waals surface area contributed by atoms with E-state index >= 15 is 0 Å². The van der Waals surface area contributed by atoms with E-state index in [1.807, 2.05) is 50.2 Å². The summed E-state index contributed by atoms with van der Waals surface area (Å²) in [5.41, 5.74) is 2.73. The van der Waals surface area contributed by atoms with E-state index in [0.29, 0.717) is 27.8 Å². The lowest BCUT2D eigenvalue weighted by atomic mass is 10.0. The van der Waals surface area contributed by atoms with Crippen molar-refractivity contribution in [3.05, 3.63) is 99.5 Å². The fraction of sp³-hybridized carbons (Fsp3) is 0.310. The summed E-state index contributed by atoms with van der Waals surface area (Å²) in [5, 5.41) is 3.58. The Morgan fingerprint density at radius 2 is 1.64 bits per heavy atom. The summed E-state index contributed by atoms with van der Waals surface area (Å²) in [6, 6.07) is 20.4. The van der Waals surface area contributed by atoms with Gasteiger partial charge in [-0.05, 0) is 54.3 Å². The van der Waals surface area contributed by atoms with Crippen molar-refractivity contribution in [2.45, 2.75) is 39.3 Å². The summed E-state index contributed by atoms with van der Waals surface area (Å²) in [6.45, 7) is 3.78. The largest absolute Gasteiger partial charge is 0.354 e. The molecule has 3 aromatic rings. The molecule has 208 valence electrons. The van der Waals surface area contributed by atoms with Crippen LogP contribution in [0, 0.1) is 6.92 Å². The van der Waals surface area contributed by atoms with Gasteiger partial charge in [0, 0.05) is 19.5 Å². The molecule has 0 spiro atoms. The predicted octanol–water partition coefficient (Wildman–Crippen LogP) is 5.23. The van der Waals surface area contributed by atoms with Crippen LogP contribution in [0.25, 0.3) is 0 Å². The van der Waals surface area contributed by atoms with Crippen molar-refractivity contribution < 1.29 is 18.0 Å². The minimum absolute atomic E-state index is 0.0260. The fourth-order valence-corrected chi connectivity index (χ4v) is 5.31. The summed E-state index contributed by atoms with van der Waals surface area (Å²) in [6.07, 6.45) is 2.02. The summed E-state index contributed by atoms with van der Waals surface area (Å²) < 4.78 is 26.7. The van der Waals surface area contributed by atoms with Crippen LogP contribution in [0.15, 0.2) is 72.8 Å². The van der Waals surface area contributed by atoms with E-state index in [1.165, 1.54) is 4.90 Å². The topological polar surface area (TPSA) is 86.8 Å². The first-order valence-electron chi connectivity index (χ1n) is 12.6. The van der Waals surface area contributed by atoms with Crippen molar-refractivity contribution >= 4 is 50.7 Å². The molecule has 0 aliphatic rings. The van der Waals surface area contributed by atoms with Crippen LogP contribution in [-0.4, -0.2) is 50.5 Å². The van der Waals surface area contributed by atoms with Crippen molar-refractivity contribution in [3.8, 4) is 0 Å². The van der Waals surface area contributed by atoms with Crippen molar-refractivity contribution in [2.75, 3.05) is 23.7 Å². The monoisotopic (exact) mass is 589 g/mol. The van der Waals surface area contributed by atoms with Gasteiger partial charge in [0.2, 0.25) is 21.8 Å². The zero-order chi connectivity index (χ0) is 28.6. The van der Waals surface area contributed by atoms with Gasteiger partial charge in [0.25, 0.3) is 0 Å². The lowest BCUT2D eigenvalue weighted by Gasteiger charge is -2.33. The Kier molecular flexibility index (Phi) is 10.8. The highest BCUT2D eigenvalue weighted by atomic mass is 35.5. The molecular formula is C29H33Cl2N3O4S. The van der Waals surface area contributed by atoms with Crippen LogP contribution < -0.4 is 9.62 Å². The minimum atomic E-state index is -3.82. The van der Waals surface area contributed by atoms with Gasteiger partial charge in [-0.3, -0.25) is 13.9 Å². The number of aryl methyl sites for hydroxylation is 1. The van der Waals surface area contributed by atoms with Crippen LogP contribution >= 0.6 is 23.2 Å². The third-order valence-electron chi connectivity index (χ3n) is 6.13. The van der Waals surface area contributed by atoms with E-state index in [4.69, 9.17) is 23.2 Å². The summed E-state index contributed by atoms with van der Waals surface area (Å²) in [4.78, 5) is 28.9. The Bertz CT molecular complexity index is 1400. The van der Waals surface area contributed by atoms with E-state index in [0.717, 1.165) is 28.1 Å². The molecule has 0 saturated heterocycles. The molecule has 3 aromatic carbocycles. The Balaban J connectivity index is 2.06. The molecule has 1 N–H and O–H groups in total. The maximum atomic E-state index is 14.0. The third kappa shape index (κ3) is 8.71. The van der Waals surface area contributed by atoms with Crippen LogP contribution in [0.1, 0.15) is 30.0 Å². The number of sulfonamides is 1. The molecule has 0 saturated carbocycles. The Hall–Kier alpha value is -3.07. The number of nitrogens with one attached hydrogen (secondary N) is 1. The number of carbonyl (C=O) groups is 2. The SMILES string of the molecule is CCCNC(=O)C(Cc1ccccc1)N(Cc1ccc(Cl)c(Cl)c1)C(=O)CN(c1cccc(C)c1)S(C)(=O)=O. The molecule has 0 heterocycles. The second kappa shape index (κ2) is 13.8. The second-order valence-corrected chi connectivity index (χ2v) is 12.1. The number of carbonyl (C=O) groups excluding carboxylic acids is 2. The molecule has 1 unspecified atom stereocenters. The molecule has 10 heteroatoms. The standard InChI is InChI=1S/C29H33Cl2N3O4S/c1-4-15-32-29(36)27(18-22-10-6-5-7-11-22)33(19-23-13-14-25(30)26(31)17-23)28(35)20-34(39(3,37)38)24-12-8-9-21(2)16-24/h5-14,16-17,27H,4,15,18-20H2,1-3H3,(H,32,36). The maximum Gasteiger partial charge on any atom is 0.244 e. The molecule has 0 aromatic heterocycles. The summed E-state index contributed by atoms with van der Waals surface area (Å²) in [5.74, 6) is -0.851. The molecular weight excluding hydrogens is 557 g/mol. The molecule has 2 amide bonds. The number of halogens is 2. The minimum Gasteiger partial charge on any atom is -0.354 e. The van der Waals surface area contributed by atoms with Gasteiger partial charge in [-0.1, -0.05) is 78.7 Å². The van der Waals surface area contributed by atoms with Gasteiger partial charge in [-0.25, -0.2) is 8.42 Å².